The topological polar surface area (TPSA) is 110 Å². The van der Waals surface area contributed by atoms with E-state index in [-0.39, 0.29) is 23.4 Å². The van der Waals surface area contributed by atoms with Crippen molar-refractivity contribution in [2.75, 3.05) is 5.32 Å². The SMILES string of the molecule is O=C(Nc1cccc([N+](=O)[O-])c1)[C@@H]1C2CCC(CC2)[C@@H]1C(=O)O. The Morgan fingerprint density at radius 2 is 1.74 bits per heavy atom. The highest BCUT2D eigenvalue weighted by Gasteiger charge is 2.50. The highest BCUT2D eigenvalue weighted by molar-refractivity contribution is 5.95. The lowest BCUT2D eigenvalue weighted by molar-refractivity contribution is -0.384. The summed E-state index contributed by atoms with van der Waals surface area (Å²) >= 11 is 0. The number of nitrogens with zero attached hydrogens (tertiary/aromatic N) is 1. The van der Waals surface area contributed by atoms with Gasteiger partial charge in [-0.3, -0.25) is 19.7 Å². The second-order valence-electron chi connectivity index (χ2n) is 6.36. The molecule has 122 valence electrons. The van der Waals surface area contributed by atoms with Crippen molar-refractivity contribution in [3.63, 3.8) is 0 Å². The second-order valence-corrected chi connectivity index (χ2v) is 6.36. The van der Waals surface area contributed by atoms with E-state index in [1.807, 2.05) is 0 Å². The van der Waals surface area contributed by atoms with Crippen LogP contribution in [0.15, 0.2) is 24.3 Å². The van der Waals surface area contributed by atoms with Crippen LogP contribution < -0.4 is 5.32 Å². The fourth-order valence-corrected chi connectivity index (χ4v) is 4.10. The average molecular weight is 318 g/mol. The zero-order valence-corrected chi connectivity index (χ0v) is 12.5. The van der Waals surface area contributed by atoms with Crippen molar-refractivity contribution >= 4 is 23.3 Å². The van der Waals surface area contributed by atoms with Crippen LogP contribution >= 0.6 is 0 Å². The minimum atomic E-state index is -0.918. The maximum atomic E-state index is 12.6. The molecule has 1 amide bonds. The summed E-state index contributed by atoms with van der Waals surface area (Å²) in [4.78, 5) is 34.5. The van der Waals surface area contributed by atoms with E-state index in [4.69, 9.17) is 0 Å². The Kier molecular flexibility index (Phi) is 4.02. The van der Waals surface area contributed by atoms with E-state index in [0.717, 1.165) is 25.7 Å². The lowest BCUT2D eigenvalue weighted by Crippen LogP contribution is -2.49. The van der Waals surface area contributed by atoms with Gasteiger partial charge in [-0.2, -0.15) is 0 Å². The second kappa shape index (κ2) is 5.98. The van der Waals surface area contributed by atoms with Gasteiger partial charge < -0.3 is 10.4 Å². The van der Waals surface area contributed by atoms with Gasteiger partial charge in [0.15, 0.2) is 0 Å². The normalized spacial score (nSPS) is 29.0. The van der Waals surface area contributed by atoms with Crippen molar-refractivity contribution in [3.8, 4) is 0 Å². The van der Waals surface area contributed by atoms with E-state index in [9.17, 15) is 24.8 Å². The maximum absolute atomic E-state index is 12.6. The first-order valence-corrected chi connectivity index (χ1v) is 7.75. The Balaban J connectivity index is 1.80. The number of carboxylic acid groups (broad SMARTS) is 1. The van der Waals surface area contributed by atoms with Gasteiger partial charge in [-0.05, 0) is 43.6 Å². The number of rotatable bonds is 4. The van der Waals surface area contributed by atoms with Gasteiger partial charge in [0, 0.05) is 17.8 Å². The number of hydrogen-bond donors (Lipinski definition) is 2. The number of benzene rings is 1. The van der Waals surface area contributed by atoms with Crippen LogP contribution in [-0.4, -0.2) is 21.9 Å². The van der Waals surface area contributed by atoms with E-state index in [1.165, 1.54) is 18.2 Å². The van der Waals surface area contributed by atoms with Crippen LogP contribution in [-0.2, 0) is 9.59 Å². The molecule has 3 saturated carbocycles. The van der Waals surface area contributed by atoms with Gasteiger partial charge >= 0.3 is 5.97 Å². The van der Waals surface area contributed by atoms with E-state index in [1.54, 1.807) is 6.07 Å². The molecular formula is C16H18N2O5. The Hall–Kier alpha value is -2.44. The number of nitro groups is 1. The quantitative estimate of drug-likeness (QED) is 0.655. The molecule has 7 nitrogen and oxygen atoms in total. The molecule has 2 N–H and O–H groups in total. The van der Waals surface area contributed by atoms with Crippen LogP contribution in [0, 0.1) is 33.8 Å². The fraction of sp³-hybridized carbons (Fsp3) is 0.500. The average Bonchev–Trinajstić information content (AvgIpc) is 2.55. The third kappa shape index (κ3) is 2.91. The Labute approximate surface area is 132 Å². The molecule has 0 spiro atoms. The highest BCUT2D eigenvalue weighted by atomic mass is 16.6. The van der Waals surface area contributed by atoms with E-state index >= 15 is 0 Å². The van der Waals surface area contributed by atoms with E-state index in [2.05, 4.69) is 5.32 Å². The first-order chi connectivity index (χ1) is 11.0. The van der Waals surface area contributed by atoms with Crippen LogP contribution in [0.2, 0.25) is 0 Å². The van der Waals surface area contributed by atoms with E-state index < -0.39 is 22.7 Å². The minimum Gasteiger partial charge on any atom is -0.481 e. The third-order valence-corrected chi connectivity index (χ3v) is 5.13. The third-order valence-electron chi connectivity index (χ3n) is 5.13. The van der Waals surface area contributed by atoms with Gasteiger partial charge in [-0.1, -0.05) is 6.07 Å². The number of fused-ring (bicyclic) bond motifs is 3. The Morgan fingerprint density at radius 3 is 2.30 bits per heavy atom. The van der Waals surface area contributed by atoms with Crippen molar-refractivity contribution in [3.05, 3.63) is 34.4 Å². The number of carbonyl (C=O) groups is 2. The molecule has 4 rings (SSSR count). The van der Waals surface area contributed by atoms with Gasteiger partial charge in [0.25, 0.3) is 5.69 Å². The standard InChI is InChI=1S/C16H18N2O5/c19-15(17-11-2-1-3-12(8-11)18(22)23)13-9-4-6-10(7-5-9)14(13)16(20)21/h1-3,8-10,13-14H,4-7H2,(H,17,19)(H,20,21)/t9?,10?,13-,14+/m1/s1. The summed E-state index contributed by atoms with van der Waals surface area (Å²) in [6.07, 6.45) is 3.48. The lowest BCUT2D eigenvalue weighted by atomic mass is 9.58. The molecule has 0 saturated heterocycles. The van der Waals surface area contributed by atoms with Crippen molar-refractivity contribution in [2.24, 2.45) is 23.7 Å². The predicted octanol–water partition coefficient (Wildman–Crippen LogP) is 2.67. The van der Waals surface area contributed by atoms with Crippen molar-refractivity contribution in [2.45, 2.75) is 25.7 Å². The van der Waals surface area contributed by atoms with Gasteiger partial charge in [-0.25, -0.2) is 0 Å². The number of carbonyl (C=O) groups excluding carboxylic acids is 1. The van der Waals surface area contributed by atoms with Gasteiger partial charge in [-0.15, -0.1) is 0 Å². The molecule has 23 heavy (non-hydrogen) atoms. The number of aliphatic carboxylic acids is 1. The van der Waals surface area contributed by atoms with Crippen molar-refractivity contribution in [1.29, 1.82) is 0 Å². The number of hydrogen-bond acceptors (Lipinski definition) is 4. The molecule has 7 heteroatoms. The minimum absolute atomic E-state index is 0.0540. The molecule has 1 aromatic carbocycles. The molecule has 2 bridgehead atoms. The van der Waals surface area contributed by atoms with E-state index in [0.29, 0.717) is 5.69 Å². The molecule has 1 aromatic rings. The maximum Gasteiger partial charge on any atom is 0.307 e. The van der Waals surface area contributed by atoms with Crippen molar-refractivity contribution in [1.82, 2.24) is 0 Å². The van der Waals surface area contributed by atoms with Gasteiger partial charge in [0.05, 0.1) is 16.8 Å². The van der Waals surface area contributed by atoms with Crippen LogP contribution in [0.25, 0.3) is 0 Å². The Bertz CT molecular complexity index is 652. The molecule has 0 aliphatic heterocycles. The predicted molar refractivity (Wildman–Crippen MR) is 81.8 cm³/mol. The van der Waals surface area contributed by atoms with Crippen LogP contribution in [0.3, 0.4) is 0 Å². The molecule has 0 aromatic heterocycles. The lowest BCUT2D eigenvalue weighted by Gasteiger charge is -2.45. The van der Waals surface area contributed by atoms with Crippen LogP contribution in [0.4, 0.5) is 11.4 Å². The number of nitro benzene ring substituents is 1. The summed E-state index contributed by atoms with van der Waals surface area (Å²) in [6.45, 7) is 0. The number of carboxylic acids is 1. The molecule has 0 radical (unpaired) electrons. The molecule has 3 aliphatic carbocycles. The molecule has 3 aliphatic rings. The summed E-state index contributed by atoms with van der Waals surface area (Å²) in [5.74, 6) is -2.33. The largest absolute Gasteiger partial charge is 0.481 e. The summed E-state index contributed by atoms with van der Waals surface area (Å²) in [5.41, 5.74) is 0.220. The number of non-ortho nitro benzene ring substituents is 1. The zero-order chi connectivity index (χ0) is 16.6. The molecule has 3 fully saturated rings. The number of amides is 1. The fourth-order valence-electron chi connectivity index (χ4n) is 4.10. The highest BCUT2D eigenvalue weighted by Crippen LogP contribution is 2.49. The molecule has 0 unspecified atom stereocenters. The summed E-state index contributed by atoms with van der Waals surface area (Å²) in [6, 6.07) is 5.70. The summed E-state index contributed by atoms with van der Waals surface area (Å²) < 4.78 is 0. The molecule has 2 atom stereocenters. The smallest absolute Gasteiger partial charge is 0.307 e. The number of nitrogens with one attached hydrogen (secondary N) is 1. The van der Waals surface area contributed by atoms with Gasteiger partial charge in [0.1, 0.15) is 0 Å². The first-order valence-electron chi connectivity index (χ1n) is 7.75. The van der Waals surface area contributed by atoms with Crippen molar-refractivity contribution < 1.29 is 19.6 Å². The van der Waals surface area contributed by atoms with Crippen LogP contribution in [0.1, 0.15) is 25.7 Å². The molecule has 0 heterocycles. The number of anilines is 1. The summed E-state index contributed by atoms with van der Waals surface area (Å²) in [5, 5.41) is 23.0. The van der Waals surface area contributed by atoms with Crippen LogP contribution in [0.5, 0.6) is 0 Å². The summed E-state index contributed by atoms with van der Waals surface area (Å²) in [7, 11) is 0. The zero-order valence-electron chi connectivity index (χ0n) is 12.5. The Morgan fingerprint density at radius 1 is 1.13 bits per heavy atom. The molecular weight excluding hydrogens is 300 g/mol. The first kappa shape index (κ1) is 15.5. The monoisotopic (exact) mass is 318 g/mol. The van der Waals surface area contributed by atoms with Gasteiger partial charge in [0.2, 0.25) is 5.91 Å².